The number of halogens is 1. The number of carbonyl (C=O) groups excluding carboxylic acids is 2. The Morgan fingerprint density at radius 2 is 1.52 bits per heavy atom. The van der Waals surface area contributed by atoms with Gasteiger partial charge in [0.05, 0.1) is 5.92 Å². The molecule has 2 heterocycles. The molecule has 2 N–H and O–H groups in total. The Morgan fingerprint density at radius 3 is 2.14 bits per heavy atom. The monoisotopic (exact) mass is 308 g/mol. The number of piperidine rings is 2. The lowest BCUT2D eigenvalue weighted by Gasteiger charge is -2.24. The third-order valence-electron chi connectivity index (χ3n) is 4.39. The first-order chi connectivity index (χ1) is 9.74. The van der Waals surface area contributed by atoms with Crippen LogP contribution in [0, 0.1) is 0 Å². The Bertz CT molecular complexity index is 510. The van der Waals surface area contributed by atoms with Gasteiger partial charge < -0.3 is 5.32 Å². The van der Waals surface area contributed by atoms with E-state index in [-0.39, 0.29) is 30.1 Å². The van der Waals surface area contributed by atoms with Gasteiger partial charge >= 0.3 is 0 Å². The van der Waals surface area contributed by atoms with E-state index >= 15 is 0 Å². The normalized spacial score (nSPS) is 23.3. The zero-order valence-corrected chi connectivity index (χ0v) is 12.7. The number of amides is 2. The van der Waals surface area contributed by atoms with Crippen molar-refractivity contribution in [1.82, 2.24) is 10.6 Å². The van der Waals surface area contributed by atoms with Gasteiger partial charge in [0.15, 0.2) is 0 Å². The van der Waals surface area contributed by atoms with Gasteiger partial charge in [-0.1, -0.05) is 24.3 Å². The number of hydrogen-bond acceptors (Lipinski definition) is 3. The van der Waals surface area contributed by atoms with Crippen molar-refractivity contribution in [3.8, 4) is 0 Å². The van der Waals surface area contributed by atoms with Gasteiger partial charge in [-0.2, -0.15) is 0 Å². The number of imide groups is 1. The fourth-order valence-corrected chi connectivity index (χ4v) is 3.17. The summed E-state index contributed by atoms with van der Waals surface area (Å²) in [7, 11) is 0. The lowest BCUT2D eigenvalue weighted by atomic mass is 9.86. The molecule has 1 aromatic carbocycles. The Balaban J connectivity index is 0.00000161. The minimum absolute atomic E-state index is 0. The molecule has 0 aromatic heterocycles. The van der Waals surface area contributed by atoms with Crippen molar-refractivity contribution < 1.29 is 9.59 Å². The number of nitrogens with one attached hydrogen (secondary N) is 2. The van der Waals surface area contributed by atoms with Crippen LogP contribution in [0.1, 0.15) is 48.6 Å². The van der Waals surface area contributed by atoms with E-state index in [9.17, 15) is 9.59 Å². The van der Waals surface area contributed by atoms with E-state index in [0.717, 1.165) is 18.7 Å². The van der Waals surface area contributed by atoms with Crippen LogP contribution in [-0.2, 0) is 9.59 Å². The van der Waals surface area contributed by atoms with Gasteiger partial charge in [-0.25, -0.2) is 0 Å². The van der Waals surface area contributed by atoms with Crippen molar-refractivity contribution in [3.63, 3.8) is 0 Å². The summed E-state index contributed by atoms with van der Waals surface area (Å²) in [5.41, 5.74) is 2.38. The second-order valence-corrected chi connectivity index (χ2v) is 5.69. The van der Waals surface area contributed by atoms with Gasteiger partial charge in [0.2, 0.25) is 11.8 Å². The van der Waals surface area contributed by atoms with Gasteiger partial charge in [0, 0.05) is 6.42 Å². The van der Waals surface area contributed by atoms with E-state index in [1.165, 1.54) is 18.4 Å². The average Bonchev–Trinajstić information content (AvgIpc) is 2.48. The summed E-state index contributed by atoms with van der Waals surface area (Å²) in [6.07, 6.45) is 3.42. The van der Waals surface area contributed by atoms with Gasteiger partial charge in [0.1, 0.15) is 0 Å². The maximum Gasteiger partial charge on any atom is 0.234 e. The molecule has 0 aliphatic carbocycles. The van der Waals surface area contributed by atoms with Crippen molar-refractivity contribution >= 4 is 24.2 Å². The lowest BCUT2D eigenvalue weighted by molar-refractivity contribution is -0.134. The summed E-state index contributed by atoms with van der Waals surface area (Å²) in [6, 6.07) is 8.40. The largest absolute Gasteiger partial charge is 0.317 e. The molecule has 2 aliphatic heterocycles. The molecule has 1 unspecified atom stereocenters. The first-order valence-corrected chi connectivity index (χ1v) is 7.38. The van der Waals surface area contributed by atoms with E-state index < -0.39 is 0 Å². The molecular formula is C16H21ClN2O2. The minimum atomic E-state index is -0.172. The molecule has 2 fully saturated rings. The highest BCUT2D eigenvalue weighted by Crippen LogP contribution is 2.29. The van der Waals surface area contributed by atoms with Crippen LogP contribution >= 0.6 is 12.4 Å². The molecule has 2 aliphatic rings. The molecule has 114 valence electrons. The Labute approximate surface area is 131 Å². The van der Waals surface area contributed by atoms with E-state index in [1.54, 1.807) is 0 Å². The molecule has 2 saturated heterocycles. The van der Waals surface area contributed by atoms with E-state index in [4.69, 9.17) is 0 Å². The number of benzene rings is 1. The Kier molecular flexibility index (Phi) is 5.37. The topological polar surface area (TPSA) is 58.2 Å². The third-order valence-corrected chi connectivity index (χ3v) is 4.39. The molecule has 4 nitrogen and oxygen atoms in total. The van der Waals surface area contributed by atoms with Crippen molar-refractivity contribution in [2.75, 3.05) is 13.1 Å². The predicted molar refractivity (Wildman–Crippen MR) is 83.7 cm³/mol. The molecule has 5 heteroatoms. The maximum atomic E-state index is 11.9. The molecular weight excluding hydrogens is 288 g/mol. The van der Waals surface area contributed by atoms with Crippen LogP contribution in [0.25, 0.3) is 0 Å². The summed E-state index contributed by atoms with van der Waals surface area (Å²) in [4.78, 5) is 23.0. The van der Waals surface area contributed by atoms with Gasteiger partial charge in [-0.15, -0.1) is 12.4 Å². The van der Waals surface area contributed by atoms with Crippen molar-refractivity contribution in [2.45, 2.75) is 37.5 Å². The predicted octanol–water partition coefficient (Wildman–Crippen LogP) is 2.10. The van der Waals surface area contributed by atoms with Gasteiger partial charge in [-0.05, 0) is 49.4 Å². The van der Waals surface area contributed by atoms with Gasteiger partial charge in [0.25, 0.3) is 0 Å². The van der Waals surface area contributed by atoms with Crippen LogP contribution in [0.2, 0.25) is 0 Å². The van der Waals surface area contributed by atoms with Crippen molar-refractivity contribution in [2.24, 2.45) is 0 Å². The highest BCUT2D eigenvalue weighted by Gasteiger charge is 2.28. The number of rotatable bonds is 2. The highest BCUT2D eigenvalue weighted by atomic mass is 35.5. The van der Waals surface area contributed by atoms with Crippen LogP contribution < -0.4 is 10.6 Å². The van der Waals surface area contributed by atoms with E-state index in [0.29, 0.717) is 18.8 Å². The zero-order chi connectivity index (χ0) is 13.9. The summed E-state index contributed by atoms with van der Waals surface area (Å²) in [5, 5.41) is 5.79. The van der Waals surface area contributed by atoms with Crippen LogP contribution in [0.3, 0.4) is 0 Å². The standard InChI is InChI=1S/C16H20N2O2.ClH/c19-15-6-5-14(16(20)18-15)13-3-1-11(2-4-13)12-7-9-17-10-8-12;/h1-4,12,14,17H,5-10H2,(H,18,19,20);1H. The second kappa shape index (κ2) is 7.05. The lowest BCUT2D eigenvalue weighted by Crippen LogP contribution is -2.39. The van der Waals surface area contributed by atoms with Crippen molar-refractivity contribution in [1.29, 1.82) is 0 Å². The Hall–Kier alpha value is -1.39. The molecule has 0 bridgehead atoms. The molecule has 1 atom stereocenters. The van der Waals surface area contributed by atoms with Crippen LogP contribution in [0.4, 0.5) is 0 Å². The smallest absolute Gasteiger partial charge is 0.234 e. The molecule has 0 radical (unpaired) electrons. The average molecular weight is 309 g/mol. The van der Waals surface area contributed by atoms with Crippen molar-refractivity contribution in [3.05, 3.63) is 35.4 Å². The Morgan fingerprint density at radius 1 is 0.905 bits per heavy atom. The summed E-state index contributed by atoms with van der Waals surface area (Å²) in [6.45, 7) is 2.17. The first kappa shape index (κ1) is 16.0. The highest BCUT2D eigenvalue weighted by molar-refractivity contribution is 6.00. The quantitative estimate of drug-likeness (QED) is 0.823. The van der Waals surface area contributed by atoms with E-state index in [1.807, 2.05) is 0 Å². The van der Waals surface area contributed by atoms with Crippen LogP contribution in [0.15, 0.2) is 24.3 Å². The maximum absolute atomic E-state index is 11.9. The molecule has 1 aromatic rings. The minimum Gasteiger partial charge on any atom is -0.317 e. The van der Waals surface area contributed by atoms with E-state index in [2.05, 4.69) is 34.9 Å². The molecule has 0 spiro atoms. The fraction of sp³-hybridized carbons (Fsp3) is 0.500. The molecule has 2 amide bonds. The van der Waals surface area contributed by atoms with Crippen LogP contribution in [0.5, 0.6) is 0 Å². The number of hydrogen-bond donors (Lipinski definition) is 2. The summed E-state index contributed by atoms with van der Waals surface area (Å²) >= 11 is 0. The third kappa shape index (κ3) is 3.63. The molecule has 3 rings (SSSR count). The summed E-state index contributed by atoms with van der Waals surface area (Å²) in [5.74, 6) is 0.148. The van der Waals surface area contributed by atoms with Crippen LogP contribution in [-0.4, -0.2) is 24.9 Å². The SMILES string of the molecule is Cl.O=C1CCC(c2ccc(C3CCNCC3)cc2)C(=O)N1. The molecule has 21 heavy (non-hydrogen) atoms. The molecule has 0 saturated carbocycles. The summed E-state index contributed by atoms with van der Waals surface area (Å²) < 4.78 is 0. The second-order valence-electron chi connectivity index (χ2n) is 5.69. The zero-order valence-electron chi connectivity index (χ0n) is 11.9. The number of carbonyl (C=O) groups is 2. The first-order valence-electron chi connectivity index (χ1n) is 7.38. The van der Waals surface area contributed by atoms with Gasteiger partial charge in [-0.3, -0.25) is 14.9 Å². The fourth-order valence-electron chi connectivity index (χ4n) is 3.17.